The van der Waals surface area contributed by atoms with Crippen LogP contribution in [-0.2, 0) is 20.9 Å². The fraction of sp³-hybridized carbons (Fsp3) is 0.316. The number of rotatable bonds is 7. The van der Waals surface area contributed by atoms with Crippen molar-refractivity contribution in [2.45, 2.75) is 19.9 Å². The summed E-state index contributed by atoms with van der Waals surface area (Å²) in [5.74, 6) is -1.45. The van der Waals surface area contributed by atoms with Crippen LogP contribution in [0.3, 0.4) is 0 Å². The fourth-order valence-corrected chi connectivity index (χ4v) is 2.99. The molecule has 0 unspecified atom stereocenters. The quantitative estimate of drug-likeness (QED) is 0.310. The minimum Gasteiger partial charge on any atom is -0.467 e. The number of amides is 1. The lowest BCUT2D eigenvalue weighted by molar-refractivity contribution is -0.385. The van der Waals surface area contributed by atoms with Gasteiger partial charge in [0.15, 0.2) is 6.61 Å². The van der Waals surface area contributed by atoms with Crippen molar-refractivity contribution in [3.8, 4) is 0 Å². The molecule has 0 saturated carbocycles. The van der Waals surface area contributed by atoms with E-state index in [9.17, 15) is 24.5 Å². The van der Waals surface area contributed by atoms with Gasteiger partial charge in [0.25, 0.3) is 5.69 Å². The van der Waals surface area contributed by atoms with Crippen molar-refractivity contribution in [2.75, 3.05) is 13.2 Å². The van der Waals surface area contributed by atoms with Crippen LogP contribution < -0.4 is 0 Å². The highest BCUT2D eigenvalue weighted by Crippen LogP contribution is 2.22. The van der Waals surface area contributed by atoms with Gasteiger partial charge in [-0.1, -0.05) is 12.1 Å². The summed E-state index contributed by atoms with van der Waals surface area (Å²) in [5, 5.41) is 11.0. The molecular weight excluding hydrogens is 368 g/mol. The molecule has 2 aromatic rings. The number of Topliss-reactive ketones (excluding diaryl/α,β-unsaturated/α-hetero) is 1. The standard InChI is InChI=1S/C19H18N2O7/c1-12-4-5-13(7-16(12)21(25)26)17(22)11-28-19(24)14-8-18(23)20(9-14)10-15-3-2-6-27-15/h2-7,14H,8-11H2,1H3/t14-/m0/s1. The Balaban J connectivity index is 1.55. The van der Waals surface area contributed by atoms with E-state index in [0.29, 0.717) is 11.3 Å². The zero-order chi connectivity index (χ0) is 20.3. The van der Waals surface area contributed by atoms with Gasteiger partial charge in [0.1, 0.15) is 5.76 Å². The molecule has 9 nitrogen and oxygen atoms in total. The van der Waals surface area contributed by atoms with Crippen molar-refractivity contribution in [3.63, 3.8) is 0 Å². The number of carbonyl (C=O) groups excluding carboxylic acids is 3. The van der Waals surface area contributed by atoms with E-state index in [1.807, 2.05) is 0 Å². The van der Waals surface area contributed by atoms with Gasteiger partial charge in [0.05, 0.1) is 23.6 Å². The van der Waals surface area contributed by atoms with Crippen LogP contribution in [0.25, 0.3) is 0 Å². The number of hydrogen-bond acceptors (Lipinski definition) is 7. The van der Waals surface area contributed by atoms with Crippen molar-refractivity contribution >= 4 is 23.3 Å². The van der Waals surface area contributed by atoms with E-state index < -0.39 is 29.2 Å². The highest BCUT2D eigenvalue weighted by molar-refractivity contribution is 5.99. The Morgan fingerprint density at radius 2 is 2.14 bits per heavy atom. The van der Waals surface area contributed by atoms with Gasteiger partial charge in [-0.15, -0.1) is 0 Å². The minimum absolute atomic E-state index is 0.00371. The highest BCUT2D eigenvalue weighted by atomic mass is 16.6. The van der Waals surface area contributed by atoms with E-state index in [0.717, 1.165) is 6.07 Å². The third-order valence-corrected chi connectivity index (χ3v) is 4.55. The van der Waals surface area contributed by atoms with Crippen LogP contribution in [0.5, 0.6) is 0 Å². The number of ketones is 1. The summed E-state index contributed by atoms with van der Waals surface area (Å²) in [6.07, 6.45) is 1.51. The summed E-state index contributed by atoms with van der Waals surface area (Å²) in [5.41, 5.74) is 0.346. The second-order valence-electron chi connectivity index (χ2n) is 6.54. The summed E-state index contributed by atoms with van der Waals surface area (Å²) < 4.78 is 10.2. The number of ether oxygens (including phenoxy) is 1. The number of nitro benzene ring substituents is 1. The van der Waals surface area contributed by atoms with Crippen molar-refractivity contribution in [1.82, 2.24) is 4.90 Å². The van der Waals surface area contributed by atoms with Crippen LogP contribution in [0.4, 0.5) is 5.69 Å². The molecule has 1 fully saturated rings. The molecule has 1 saturated heterocycles. The Morgan fingerprint density at radius 1 is 1.36 bits per heavy atom. The molecule has 1 aromatic carbocycles. The number of benzene rings is 1. The number of furan rings is 1. The molecule has 1 aromatic heterocycles. The van der Waals surface area contributed by atoms with Gasteiger partial charge in [-0.25, -0.2) is 0 Å². The molecule has 3 rings (SSSR count). The normalized spacial score (nSPS) is 16.2. The molecule has 0 radical (unpaired) electrons. The molecule has 1 amide bonds. The predicted molar refractivity (Wildman–Crippen MR) is 95.4 cm³/mol. The van der Waals surface area contributed by atoms with Gasteiger partial charge in [0.2, 0.25) is 11.7 Å². The van der Waals surface area contributed by atoms with Gasteiger partial charge in [-0.05, 0) is 19.1 Å². The lowest BCUT2D eigenvalue weighted by Crippen LogP contribution is -2.27. The van der Waals surface area contributed by atoms with Crippen molar-refractivity contribution < 1.29 is 28.5 Å². The number of likely N-dealkylation sites (tertiary alicyclic amines) is 1. The number of nitro groups is 1. The van der Waals surface area contributed by atoms with Crippen molar-refractivity contribution in [2.24, 2.45) is 5.92 Å². The molecule has 0 spiro atoms. The Morgan fingerprint density at radius 3 is 2.82 bits per heavy atom. The minimum atomic E-state index is -0.664. The van der Waals surface area contributed by atoms with Crippen LogP contribution in [-0.4, -0.2) is 40.6 Å². The smallest absolute Gasteiger partial charge is 0.311 e. The molecule has 9 heteroatoms. The number of esters is 1. The fourth-order valence-electron chi connectivity index (χ4n) is 2.99. The van der Waals surface area contributed by atoms with Gasteiger partial charge in [-0.2, -0.15) is 0 Å². The molecule has 1 aliphatic heterocycles. The van der Waals surface area contributed by atoms with Crippen LogP contribution in [0.2, 0.25) is 0 Å². The number of hydrogen-bond donors (Lipinski definition) is 0. The van der Waals surface area contributed by atoms with Crippen molar-refractivity contribution in [1.29, 1.82) is 0 Å². The lowest BCUT2D eigenvalue weighted by Gasteiger charge is -2.14. The maximum absolute atomic E-state index is 12.2. The predicted octanol–water partition coefficient (Wildman–Crippen LogP) is 2.27. The summed E-state index contributed by atoms with van der Waals surface area (Å²) in [6, 6.07) is 7.52. The second-order valence-corrected chi connectivity index (χ2v) is 6.54. The van der Waals surface area contributed by atoms with Crippen LogP contribution in [0.15, 0.2) is 41.0 Å². The monoisotopic (exact) mass is 386 g/mol. The SMILES string of the molecule is Cc1ccc(C(=O)COC(=O)[C@H]2CC(=O)N(Cc3ccco3)C2)cc1[N+](=O)[O-]. The van der Waals surface area contributed by atoms with E-state index in [2.05, 4.69) is 0 Å². The Kier molecular flexibility index (Phi) is 5.53. The maximum Gasteiger partial charge on any atom is 0.311 e. The molecule has 146 valence electrons. The summed E-state index contributed by atoms with van der Waals surface area (Å²) >= 11 is 0. The molecule has 0 bridgehead atoms. The second kappa shape index (κ2) is 8.03. The van der Waals surface area contributed by atoms with Gasteiger partial charge in [-0.3, -0.25) is 24.5 Å². The molecule has 1 atom stereocenters. The zero-order valence-corrected chi connectivity index (χ0v) is 15.1. The van der Waals surface area contributed by atoms with E-state index in [1.165, 1.54) is 23.3 Å². The highest BCUT2D eigenvalue weighted by Gasteiger charge is 2.36. The van der Waals surface area contributed by atoms with Gasteiger partial charge < -0.3 is 14.1 Å². The Bertz CT molecular complexity index is 920. The first-order valence-electron chi connectivity index (χ1n) is 8.60. The van der Waals surface area contributed by atoms with Crippen molar-refractivity contribution in [3.05, 3.63) is 63.6 Å². The first kappa shape index (κ1) is 19.3. The maximum atomic E-state index is 12.2. The topological polar surface area (TPSA) is 120 Å². The molecule has 1 aliphatic rings. The average molecular weight is 386 g/mol. The third-order valence-electron chi connectivity index (χ3n) is 4.55. The lowest BCUT2D eigenvalue weighted by atomic mass is 10.1. The molecular formula is C19H18N2O7. The van der Waals surface area contributed by atoms with E-state index in [-0.39, 0.29) is 36.7 Å². The molecule has 2 heterocycles. The van der Waals surface area contributed by atoms with Gasteiger partial charge in [0, 0.05) is 30.2 Å². The van der Waals surface area contributed by atoms with Crippen LogP contribution in [0.1, 0.15) is 28.1 Å². The van der Waals surface area contributed by atoms with E-state index in [1.54, 1.807) is 19.1 Å². The number of nitrogens with zero attached hydrogens (tertiary/aromatic N) is 2. The average Bonchev–Trinajstić information content (AvgIpc) is 3.30. The first-order valence-corrected chi connectivity index (χ1v) is 8.60. The Hall–Kier alpha value is -3.49. The molecule has 0 N–H and O–H groups in total. The van der Waals surface area contributed by atoms with Gasteiger partial charge >= 0.3 is 5.97 Å². The Labute approximate surface area is 160 Å². The number of carbonyl (C=O) groups is 3. The number of aryl methyl sites for hydroxylation is 1. The largest absolute Gasteiger partial charge is 0.467 e. The summed E-state index contributed by atoms with van der Waals surface area (Å²) in [6.45, 7) is 1.48. The van der Waals surface area contributed by atoms with E-state index >= 15 is 0 Å². The zero-order valence-electron chi connectivity index (χ0n) is 15.1. The van der Waals surface area contributed by atoms with Crippen LogP contribution >= 0.6 is 0 Å². The van der Waals surface area contributed by atoms with E-state index in [4.69, 9.17) is 9.15 Å². The van der Waals surface area contributed by atoms with Crippen LogP contribution in [0, 0.1) is 23.0 Å². The first-order chi connectivity index (χ1) is 13.3. The summed E-state index contributed by atoms with van der Waals surface area (Å²) in [4.78, 5) is 48.4. The third kappa shape index (κ3) is 4.25. The molecule has 28 heavy (non-hydrogen) atoms. The summed E-state index contributed by atoms with van der Waals surface area (Å²) in [7, 11) is 0. The molecule has 0 aliphatic carbocycles.